The van der Waals surface area contributed by atoms with Crippen molar-refractivity contribution in [3.8, 4) is 17.3 Å². The molecule has 1 unspecified atom stereocenters. The van der Waals surface area contributed by atoms with Gasteiger partial charge in [0.05, 0.1) is 6.61 Å². The molecular formula is C25H27N5O. The first kappa shape index (κ1) is 18.8. The maximum Gasteiger partial charge on any atom is 0.187 e. The van der Waals surface area contributed by atoms with Gasteiger partial charge in [0.15, 0.2) is 11.5 Å². The lowest BCUT2D eigenvalue weighted by Crippen LogP contribution is -2.23. The zero-order chi connectivity index (χ0) is 20.8. The third kappa shape index (κ3) is 3.55. The number of benzene rings is 1. The number of fused-ring (bicyclic) bond motifs is 2. The molecule has 158 valence electrons. The number of aromatic nitrogens is 4. The van der Waals surface area contributed by atoms with Gasteiger partial charge in [0.25, 0.3) is 0 Å². The van der Waals surface area contributed by atoms with Crippen LogP contribution in [-0.2, 0) is 0 Å². The highest BCUT2D eigenvalue weighted by Gasteiger charge is 2.23. The molecule has 6 nitrogen and oxygen atoms in total. The van der Waals surface area contributed by atoms with Gasteiger partial charge in [0.1, 0.15) is 17.0 Å². The van der Waals surface area contributed by atoms with Crippen LogP contribution >= 0.6 is 0 Å². The summed E-state index contributed by atoms with van der Waals surface area (Å²) in [6.45, 7) is 5.40. The van der Waals surface area contributed by atoms with Crippen molar-refractivity contribution in [1.29, 1.82) is 0 Å². The molecule has 0 radical (unpaired) electrons. The normalized spacial score (nSPS) is 18.1. The van der Waals surface area contributed by atoms with E-state index in [-0.39, 0.29) is 0 Å². The summed E-state index contributed by atoms with van der Waals surface area (Å²) in [6.07, 6.45) is 7.29. The molecule has 4 aromatic rings. The molecule has 1 saturated heterocycles. The minimum absolute atomic E-state index is 0.383. The molecule has 1 aliphatic heterocycles. The highest BCUT2D eigenvalue weighted by molar-refractivity contribution is 5.86. The molecule has 1 aliphatic carbocycles. The van der Waals surface area contributed by atoms with Gasteiger partial charge >= 0.3 is 0 Å². The minimum Gasteiger partial charge on any atom is -0.491 e. The lowest BCUT2D eigenvalue weighted by Gasteiger charge is -2.24. The van der Waals surface area contributed by atoms with Crippen LogP contribution in [0.4, 0.5) is 0 Å². The third-order valence-electron chi connectivity index (χ3n) is 6.68. The van der Waals surface area contributed by atoms with Crippen LogP contribution in [-0.4, -0.2) is 44.2 Å². The van der Waals surface area contributed by atoms with E-state index in [2.05, 4.69) is 56.9 Å². The fourth-order valence-electron chi connectivity index (χ4n) is 4.52. The van der Waals surface area contributed by atoms with Crippen LogP contribution in [0.25, 0.3) is 28.1 Å². The highest BCUT2D eigenvalue weighted by Crippen LogP contribution is 2.32. The molecule has 31 heavy (non-hydrogen) atoms. The molecule has 6 heteroatoms. The molecule has 0 N–H and O–H groups in total. The second-order valence-corrected chi connectivity index (χ2v) is 8.91. The Morgan fingerprint density at radius 2 is 1.90 bits per heavy atom. The zero-order valence-corrected chi connectivity index (χ0v) is 17.9. The Morgan fingerprint density at radius 3 is 2.74 bits per heavy atom. The number of likely N-dealkylation sites (tertiary alicyclic amines) is 1. The fraction of sp³-hybridized carbons (Fsp3) is 0.400. The van der Waals surface area contributed by atoms with E-state index < -0.39 is 0 Å². The van der Waals surface area contributed by atoms with Crippen molar-refractivity contribution in [2.75, 3.05) is 19.7 Å². The van der Waals surface area contributed by atoms with Crippen molar-refractivity contribution in [2.24, 2.45) is 5.92 Å². The summed E-state index contributed by atoms with van der Waals surface area (Å²) >= 11 is 0. The van der Waals surface area contributed by atoms with Crippen LogP contribution in [0, 0.1) is 5.92 Å². The van der Waals surface area contributed by atoms with Crippen molar-refractivity contribution in [3.63, 3.8) is 0 Å². The number of nitrogens with zero attached hydrogens (tertiary/aromatic N) is 5. The van der Waals surface area contributed by atoms with Crippen molar-refractivity contribution in [1.82, 2.24) is 24.5 Å². The molecule has 1 atom stereocenters. The Hall–Kier alpha value is -2.99. The Kier molecular flexibility index (Phi) is 4.60. The Labute approximate surface area is 181 Å². The van der Waals surface area contributed by atoms with Gasteiger partial charge in [-0.15, -0.1) is 10.2 Å². The van der Waals surface area contributed by atoms with Crippen molar-refractivity contribution in [2.45, 2.75) is 38.6 Å². The Bertz CT molecular complexity index is 1240. The number of ether oxygens (including phenoxy) is 1. The van der Waals surface area contributed by atoms with Crippen LogP contribution in [0.1, 0.15) is 44.2 Å². The molecule has 2 aliphatic rings. The van der Waals surface area contributed by atoms with E-state index in [1.54, 1.807) is 0 Å². The van der Waals surface area contributed by atoms with Crippen LogP contribution < -0.4 is 4.74 Å². The Balaban J connectivity index is 1.39. The lowest BCUT2D eigenvalue weighted by molar-refractivity contribution is 0.262. The van der Waals surface area contributed by atoms with E-state index >= 15 is 0 Å². The number of hydrogen-bond acceptors (Lipinski definition) is 5. The molecule has 0 spiro atoms. The predicted octanol–water partition coefficient (Wildman–Crippen LogP) is 4.89. The van der Waals surface area contributed by atoms with E-state index in [0.29, 0.717) is 12.0 Å². The van der Waals surface area contributed by atoms with Gasteiger partial charge in [-0.3, -0.25) is 9.30 Å². The summed E-state index contributed by atoms with van der Waals surface area (Å²) in [7, 11) is 0. The number of para-hydroxylation sites is 1. The molecule has 4 heterocycles. The molecule has 0 bridgehead atoms. The second-order valence-electron chi connectivity index (χ2n) is 8.91. The smallest absolute Gasteiger partial charge is 0.187 e. The number of hydrogen-bond donors (Lipinski definition) is 0. The summed E-state index contributed by atoms with van der Waals surface area (Å²) < 4.78 is 8.17. The molecule has 0 amide bonds. The SMILES string of the molecule is CC(c1ccc2nnc(-c3ccc4cccc(OCC5CC5)c4n3)n2c1)N1CCCC1. The predicted molar refractivity (Wildman–Crippen MR) is 121 cm³/mol. The van der Waals surface area contributed by atoms with E-state index in [1.165, 1.54) is 44.3 Å². The highest BCUT2D eigenvalue weighted by atomic mass is 16.5. The van der Waals surface area contributed by atoms with E-state index in [0.717, 1.165) is 40.4 Å². The third-order valence-corrected chi connectivity index (χ3v) is 6.68. The summed E-state index contributed by atoms with van der Waals surface area (Å²) in [4.78, 5) is 7.50. The van der Waals surface area contributed by atoms with Gasteiger partial charge in [-0.2, -0.15) is 0 Å². The topological polar surface area (TPSA) is 55.6 Å². The standard InChI is InChI=1S/C25H27N5O/c1-17(29-13-2-3-14-29)20-10-12-23-27-28-25(30(23)15-20)21-11-9-19-5-4-6-22(24(19)26-21)31-16-18-7-8-18/h4-6,9-12,15,17-18H,2-3,7-8,13-14,16H2,1H3. The minimum atomic E-state index is 0.383. The number of pyridine rings is 2. The van der Waals surface area contributed by atoms with Crippen LogP contribution in [0.3, 0.4) is 0 Å². The van der Waals surface area contributed by atoms with Gasteiger partial charge in [0, 0.05) is 17.6 Å². The fourth-order valence-corrected chi connectivity index (χ4v) is 4.52. The maximum absolute atomic E-state index is 6.10. The molecule has 3 aromatic heterocycles. The van der Waals surface area contributed by atoms with Crippen LogP contribution in [0.15, 0.2) is 48.7 Å². The average Bonchev–Trinajstić information content (AvgIpc) is 3.30. The second kappa shape index (κ2) is 7.61. The first-order valence-electron chi connectivity index (χ1n) is 11.4. The van der Waals surface area contributed by atoms with Gasteiger partial charge < -0.3 is 4.74 Å². The number of rotatable bonds is 6. The maximum atomic E-state index is 6.10. The van der Waals surface area contributed by atoms with Crippen molar-refractivity contribution >= 4 is 16.6 Å². The molecular weight excluding hydrogens is 386 g/mol. The van der Waals surface area contributed by atoms with Crippen molar-refractivity contribution < 1.29 is 4.74 Å². The van der Waals surface area contributed by atoms with E-state index in [9.17, 15) is 0 Å². The molecule has 1 aromatic carbocycles. The van der Waals surface area contributed by atoms with E-state index in [1.807, 2.05) is 18.2 Å². The summed E-state index contributed by atoms with van der Waals surface area (Å²) in [5.74, 6) is 2.32. The summed E-state index contributed by atoms with van der Waals surface area (Å²) in [5, 5.41) is 9.95. The van der Waals surface area contributed by atoms with Crippen molar-refractivity contribution in [3.05, 3.63) is 54.2 Å². The van der Waals surface area contributed by atoms with Crippen LogP contribution in [0.5, 0.6) is 5.75 Å². The van der Waals surface area contributed by atoms with Gasteiger partial charge in [-0.1, -0.05) is 24.3 Å². The lowest BCUT2D eigenvalue weighted by atomic mass is 10.1. The van der Waals surface area contributed by atoms with E-state index in [4.69, 9.17) is 9.72 Å². The largest absolute Gasteiger partial charge is 0.491 e. The monoisotopic (exact) mass is 413 g/mol. The molecule has 2 fully saturated rings. The van der Waals surface area contributed by atoms with Gasteiger partial charge in [-0.25, -0.2) is 4.98 Å². The quantitative estimate of drug-likeness (QED) is 0.450. The molecule has 6 rings (SSSR count). The summed E-state index contributed by atoms with van der Waals surface area (Å²) in [6, 6.07) is 14.9. The Morgan fingerprint density at radius 1 is 1.03 bits per heavy atom. The first-order valence-corrected chi connectivity index (χ1v) is 11.4. The average molecular weight is 414 g/mol. The zero-order valence-electron chi connectivity index (χ0n) is 17.9. The van der Waals surface area contributed by atoms with Gasteiger partial charge in [-0.05, 0) is 75.4 Å². The molecule has 1 saturated carbocycles. The van der Waals surface area contributed by atoms with Gasteiger partial charge in [0.2, 0.25) is 0 Å². The van der Waals surface area contributed by atoms with Crippen LogP contribution in [0.2, 0.25) is 0 Å². The summed E-state index contributed by atoms with van der Waals surface area (Å²) in [5.41, 5.74) is 3.82. The first-order chi connectivity index (χ1) is 15.3.